The van der Waals surface area contributed by atoms with Gasteiger partial charge in [-0.2, -0.15) is 0 Å². The summed E-state index contributed by atoms with van der Waals surface area (Å²) >= 11 is 12.5. The van der Waals surface area contributed by atoms with Crippen LogP contribution in [0.4, 0.5) is 11.4 Å². The summed E-state index contributed by atoms with van der Waals surface area (Å²) in [7, 11) is 0. The molecule has 3 rings (SSSR count). The maximum absolute atomic E-state index is 12.7. The Morgan fingerprint density at radius 2 is 1.56 bits per heavy atom. The Morgan fingerprint density at radius 3 is 2.21 bits per heavy atom. The molecule has 39 heavy (non-hydrogen) atoms. The number of terminal acetylenes is 2. The van der Waals surface area contributed by atoms with Gasteiger partial charge in [-0.05, 0) is 47.9 Å². The van der Waals surface area contributed by atoms with E-state index in [4.69, 9.17) is 51.3 Å². The van der Waals surface area contributed by atoms with Gasteiger partial charge < -0.3 is 20.5 Å². The van der Waals surface area contributed by atoms with Gasteiger partial charge in [-0.15, -0.1) is 24.7 Å². The number of nitrogens with one attached hydrogen (secondary N) is 1. The average Bonchev–Trinajstić information content (AvgIpc) is 2.91. The Labute approximate surface area is 238 Å². The Kier molecular flexibility index (Phi) is 11.3. The van der Waals surface area contributed by atoms with E-state index < -0.39 is 18.0 Å². The second-order valence-electron chi connectivity index (χ2n) is 8.80. The van der Waals surface area contributed by atoms with E-state index in [1.54, 1.807) is 42.5 Å². The predicted octanol–water partition coefficient (Wildman–Crippen LogP) is 5.96. The fraction of sp³-hybridized carbons (Fsp3) is 0.226. The molecule has 3 aromatic rings. The highest BCUT2D eigenvalue weighted by atomic mass is 35.5. The van der Waals surface area contributed by atoms with Crippen LogP contribution in [0.3, 0.4) is 0 Å². The lowest BCUT2D eigenvalue weighted by Crippen LogP contribution is -2.35. The number of nitrogens with two attached hydrogens (primary N) is 1. The van der Waals surface area contributed by atoms with E-state index >= 15 is 0 Å². The molecule has 0 heterocycles. The number of halogens is 2. The van der Waals surface area contributed by atoms with Gasteiger partial charge in [0.1, 0.15) is 11.8 Å². The first-order valence-corrected chi connectivity index (χ1v) is 12.9. The lowest BCUT2D eigenvalue weighted by atomic mass is 10.0. The largest absolute Gasteiger partial charge is 0.464 e. The maximum atomic E-state index is 12.7. The molecule has 0 amide bonds. The molecule has 0 saturated carbocycles. The van der Waals surface area contributed by atoms with Gasteiger partial charge in [0.2, 0.25) is 0 Å². The fourth-order valence-electron chi connectivity index (χ4n) is 3.73. The summed E-state index contributed by atoms with van der Waals surface area (Å²) < 4.78 is 10.8. The Balaban J connectivity index is 1.54. The molecule has 0 radical (unpaired) electrons. The van der Waals surface area contributed by atoms with Crippen molar-refractivity contribution >= 4 is 46.5 Å². The third kappa shape index (κ3) is 9.09. The zero-order valence-corrected chi connectivity index (χ0v) is 22.7. The minimum absolute atomic E-state index is 0.0179. The highest BCUT2D eigenvalue weighted by Crippen LogP contribution is 2.33. The van der Waals surface area contributed by atoms with Crippen LogP contribution in [0, 0.1) is 30.6 Å². The van der Waals surface area contributed by atoms with E-state index in [0.717, 1.165) is 5.56 Å². The van der Waals surface area contributed by atoms with Crippen LogP contribution in [0.5, 0.6) is 5.75 Å². The van der Waals surface area contributed by atoms with Gasteiger partial charge >= 0.3 is 11.9 Å². The molecule has 0 saturated heterocycles. The van der Waals surface area contributed by atoms with E-state index in [-0.39, 0.29) is 25.4 Å². The van der Waals surface area contributed by atoms with Crippen LogP contribution in [-0.4, -0.2) is 24.6 Å². The molecule has 0 fully saturated rings. The minimum atomic E-state index is -0.855. The van der Waals surface area contributed by atoms with Crippen molar-refractivity contribution < 1.29 is 19.1 Å². The molecular formula is C31H28Cl2N2O4. The summed E-state index contributed by atoms with van der Waals surface area (Å²) in [5, 5.41) is 4.13. The first kappa shape index (κ1) is 29.6. The van der Waals surface area contributed by atoms with Crippen LogP contribution in [0.2, 0.25) is 10.0 Å². The molecule has 0 spiro atoms. The second kappa shape index (κ2) is 14.9. The fourth-order valence-corrected chi connectivity index (χ4v) is 4.22. The summed E-state index contributed by atoms with van der Waals surface area (Å²) in [5.41, 5.74) is 8.75. The topological polar surface area (TPSA) is 90.7 Å². The van der Waals surface area contributed by atoms with Crippen molar-refractivity contribution in [3.05, 3.63) is 87.9 Å². The van der Waals surface area contributed by atoms with E-state index in [0.29, 0.717) is 45.6 Å². The monoisotopic (exact) mass is 562 g/mol. The number of hydrogen-bond acceptors (Lipinski definition) is 6. The van der Waals surface area contributed by atoms with E-state index in [1.807, 2.05) is 24.3 Å². The van der Waals surface area contributed by atoms with Crippen LogP contribution in [-0.2, 0) is 27.2 Å². The summed E-state index contributed by atoms with van der Waals surface area (Å²) in [6, 6.07) is 18.4. The van der Waals surface area contributed by atoms with Crippen molar-refractivity contribution in [2.45, 2.75) is 31.7 Å². The Bertz CT molecular complexity index is 1340. The van der Waals surface area contributed by atoms with E-state index in [2.05, 4.69) is 17.2 Å². The maximum Gasteiger partial charge on any atom is 0.323 e. The Morgan fingerprint density at radius 1 is 0.923 bits per heavy atom. The second-order valence-corrected chi connectivity index (χ2v) is 9.61. The normalized spacial score (nSPS) is 11.2. The zero-order chi connectivity index (χ0) is 28.2. The smallest absolute Gasteiger partial charge is 0.323 e. The number of esters is 2. The molecular weight excluding hydrogens is 535 g/mol. The van der Waals surface area contributed by atoms with E-state index in [1.165, 1.54) is 0 Å². The lowest BCUT2D eigenvalue weighted by molar-refractivity contribution is -0.146. The minimum Gasteiger partial charge on any atom is -0.464 e. The lowest BCUT2D eigenvalue weighted by Gasteiger charge is -2.15. The number of anilines is 2. The molecule has 0 aliphatic heterocycles. The van der Waals surface area contributed by atoms with Gasteiger partial charge in [-0.25, -0.2) is 0 Å². The van der Waals surface area contributed by atoms with Gasteiger partial charge in [-0.3, -0.25) is 9.59 Å². The van der Waals surface area contributed by atoms with Crippen LogP contribution in [0.1, 0.15) is 24.0 Å². The van der Waals surface area contributed by atoms with Gasteiger partial charge in [0.05, 0.1) is 28.8 Å². The Hall–Kier alpha value is -3.94. The molecule has 200 valence electrons. The van der Waals surface area contributed by atoms with Crippen LogP contribution in [0.25, 0.3) is 0 Å². The number of para-hydroxylation sites is 2. The SMILES string of the molecule is C#CCC(CC#C)COC(=O)[C@@H](N)Cc1ccc(OC(=O)Cc2ccccc2Nc2c(Cl)cccc2Cl)cc1. The number of ether oxygens (including phenoxy) is 2. The molecule has 3 N–H and O–H groups in total. The van der Waals surface area contributed by atoms with Crippen LogP contribution in [0.15, 0.2) is 66.7 Å². The first-order valence-electron chi connectivity index (χ1n) is 12.2. The molecule has 1 atom stereocenters. The molecule has 0 bridgehead atoms. The number of hydrogen-bond donors (Lipinski definition) is 2. The molecule has 3 aromatic carbocycles. The molecule has 8 heteroatoms. The van der Waals surface area contributed by atoms with Crippen molar-refractivity contribution in [3.63, 3.8) is 0 Å². The van der Waals surface area contributed by atoms with Gasteiger partial charge in [-0.1, -0.05) is 59.6 Å². The summed E-state index contributed by atoms with van der Waals surface area (Å²) in [6.45, 7) is 0.125. The first-order chi connectivity index (χ1) is 18.8. The van der Waals surface area contributed by atoms with Crippen LogP contribution >= 0.6 is 23.2 Å². The van der Waals surface area contributed by atoms with Crippen molar-refractivity contribution in [2.24, 2.45) is 11.7 Å². The zero-order valence-electron chi connectivity index (χ0n) is 21.2. The number of benzene rings is 3. The average molecular weight is 563 g/mol. The van der Waals surface area contributed by atoms with Crippen molar-refractivity contribution in [3.8, 4) is 30.4 Å². The third-order valence-electron chi connectivity index (χ3n) is 5.76. The predicted molar refractivity (Wildman–Crippen MR) is 155 cm³/mol. The van der Waals surface area contributed by atoms with Gasteiger partial charge in [0.15, 0.2) is 0 Å². The van der Waals surface area contributed by atoms with E-state index in [9.17, 15) is 9.59 Å². The summed E-state index contributed by atoms with van der Waals surface area (Å²) in [4.78, 5) is 25.0. The van der Waals surface area contributed by atoms with Crippen molar-refractivity contribution in [2.75, 3.05) is 11.9 Å². The number of carbonyl (C=O) groups is 2. The molecule has 0 aromatic heterocycles. The molecule has 0 unspecified atom stereocenters. The highest BCUT2D eigenvalue weighted by Gasteiger charge is 2.18. The standard InChI is InChI=1S/C31H28Cl2N2O4/c1-3-8-22(9-4-2)20-38-31(37)27(34)18-21-14-16-24(17-15-21)39-29(36)19-23-10-5-6-13-28(23)35-30-25(32)11-7-12-26(30)33/h1-2,5-7,10-17,22,27,35H,8-9,18-20,34H2/t27-/m0/s1. The van der Waals surface area contributed by atoms with Gasteiger partial charge in [0, 0.05) is 24.4 Å². The van der Waals surface area contributed by atoms with Crippen LogP contribution < -0.4 is 15.8 Å². The molecule has 0 aliphatic carbocycles. The van der Waals surface area contributed by atoms with Crippen molar-refractivity contribution in [1.29, 1.82) is 0 Å². The van der Waals surface area contributed by atoms with Gasteiger partial charge in [0.25, 0.3) is 0 Å². The van der Waals surface area contributed by atoms with Crippen molar-refractivity contribution in [1.82, 2.24) is 0 Å². The summed E-state index contributed by atoms with van der Waals surface area (Å²) in [5.74, 6) is 4.34. The molecule has 0 aliphatic rings. The summed E-state index contributed by atoms with van der Waals surface area (Å²) in [6.07, 6.45) is 11.8. The molecule has 6 nitrogen and oxygen atoms in total. The quantitative estimate of drug-likeness (QED) is 0.161. The number of carbonyl (C=O) groups excluding carboxylic acids is 2. The number of rotatable bonds is 12. The third-order valence-corrected chi connectivity index (χ3v) is 6.39. The highest BCUT2D eigenvalue weighted by molar-refractivity contribution is 6.39.